The molecule has 0 radical (unpaired) electrons. The highest BCUT2D eigenvalue weighted by Crippen LogP contribution is 2.45. The van der Waals surface area contributed by atoms with Gasteiger partial charge in [0.25, 0.3) is 0 Å². The molecule has 1 aliphatic rings. The van der Waals surface area contributed by atoms with Crippen LogP contribution in [0.4, 0.5) is 10.1 Å². The zero-order valence-electron chi connectivity index (χ0n) is 12.2. The van der Waals surface area contributed by atoms with Crippen LogP contribution >= 0.6 is 0 Å². The lowest BCUT2D eigenvalue weighted by Gasteiger charge is -2.03. The SMILES string of the molecule is Nc1cc2oc(-c3ccc(F)cc3)c(C(=O)O)c2cc1C1CC1. The van der Waals surface area contributed by atoms with Crippen molar-refractivity contribution in [3.05, 3.63) is 53.3 Å². The van der Waals surface area contributed by atoms with Crippen molar-refractivity contribution >= 4 is 22.6 Å². The highest BCUT2D eigenvalue weighted by molar-refractivity contribution is 6.08. The molecule has 116 valence electrons. The van der Waals surface area contributed by atoms with Crippen molar-refractivity contribution in [2.24, 2.45) is 0 Å². The van der Waals surface area contributed by atoms with E-state index in [1.54, 1.807) is 6.07 Å². The molecule has 1 aliphatic carbocycles. The van der Waals surface area contributed by atoms with Gasteiger partial charge < -0.3 is 15.3 Å². The van der Waals surface area contributed by atoms with E-state index in [4.69, 9.17) is 10.2 Å². The summed E-state index contributed by atoms with van der Waals surface area (Å²) in [4.78, 5) is 11.8. The summed E-state index contributed by atoms with van der Waals surface area (Å²) in [7, 11) is 0. The lowest BCUT2D eigenvalue weighted by molar-refractivity contribution is 0.0699. The van der Waals surface area contributed by atoms with Gasteiger partial charge in [0.05, 0.1) is 0 Å². The van der Waals surface area contributed by atoms with Crippen LogP contribution in [0.5, 0.6) is 0 Å². The van der Waals surface area contributed by atoms with Crippen LogP contribution in [0.15, 0.2) is 40.8 Å². The molecule has 0 amide bonds. The first-order valence-electron chi connectivity index (χ1n) is 7.39. The van der Waals surface area contributed by atoms with Crippen LogP contribution in [0.25, 0.3) is 22.3 Å². The molecule has 5 heteroatoms. The van der Waals surface area contributed by atoms with Crippen molar-refractivity contribution in [1.29, 1.82) is 0 Å². The van der Waals surface area contributed by atoms with Gasteiger partial charge in [0.15, 0.2) is 0 Å². The Bertz CT molecular complexity index is 924. The molecule has 3 aromatic rings. The number of carboxylic acids is 1. The number of hydrogen-bond acceptors (Lipinski definition) is 3. The van der Waals surface area contributed by atoms with Crippen LogP contribution in [-0.2, 0) is 0 Å². The van der Waals surface area contributed by atoms with E-state index >= 15 is 0 Å². The van der Waals surface area contributed by atoms with E-state index < -0.39 is 5.97 Å². The third kappa shape index (κ3) is 2.25. The van der Waals surface area contributed by atoms with Crippen molar-refractivity contribution in [3.8, 4) is 11.3 Å². The Labute approximate surface area is 131 Å². The highest BCUT2D eigenvalue weighted by atomic mass is 19.1. The highest BCUT2D eigenvalue weighted by Gasteiger charge is 2.29. The minimum Gasteiger partial charge on any atom is -0.478 e. The summed E-state index contributed by atoms with van der Waals surface area (Å²) in [6.45, 7) is 0. The fourth-order valence-electron chi connectivity index (χ4n) is 2.94. The standard InChI is InChI=1S/C18H14FNO3/c19-11-5-3-10(4-6-11)17-16(18(21)22)13-7-12(9-1-2-9)14(20)8-15(13)23-17/h3-9H,1-2,20H2,(H,21,22). The number of aromatic carboxylic acids is 1. The Balaban J connectivity index is 1.98. The van der Waals surface area contributed by atoms with Gasteiger partial charge in [-0.1, -0.05) is 0 Å². The van der Waals surface area contributed by atoms with Crippen LogP contribution in [0, 0.1) is 5.82 Å². The van der Waals surface area contributed by atoms with Crippen molar-refractivity contribution in [1.82, 2.24) is 0 Å². The van der Waals surface area contributed by atoms with Gasteiger partial charge >= 0.3 is 5.97 Å². The molecule has 0 unspecified atom stereocenters. The molecule has 0 aliphatic heterocycles. The fourth-order valence-corrected chi connectivity index (χ4v) is 2.94. The molecule has 1 saturated carbocycles. The molecule has 0 saturated heterocycles. The van der Waals surface area contributed by atoms with Gasteiger partial charge in [0.2, 0.25) is 0 Å². The number of benzene rings is 2. The molecule has 0 atom stereocenters. The number of anilines is 1. The van der Waals surface area contributed by atoms with Crippen molar-refractivity contribution in [3.63, 3.8) is 0 Å². The molecule has 1 fully saturated rings. The number of halogens is 1. The first-order chi connectivity index (χ1) is 11.0. The molecule has 2 aromatic carbocycles. The summed E-state index contributed by atoms with van der Waals surface area (Å²) in [5.41, 5.74) is 8.71. The second kappa shape index (κ2) is 4.84. The Morgan fingerprint density at radius 3 is 2.52 bits per heavy atom. The van der Waals surface area contributed by atoms with E-state index in [9.17, 15) is 14.3 Å². The van der Waals surface area contributed by atoms with E-state index in [-0.39, 0.29) is 17.1 Å². The Hall–Kier alpha value is -2.82. The summed E-state index contributed by atoms with van der Waals surface area (Å²) >= 11 is 0. The second-order valence-corrected chi connectivity index (χ2v) is 5.87. The van der Waals surface area contributed by atoms with Gasteiger partial charge in [0, 0.05) is 22.7 Å². The maximum absolute atomic E-state index is 13.1. The van der Waals surface area contributed by atoms with Gasteiger partial charge in [-0.05, 0) is 54.7 Å². The number of furan rings is 1. The summed E-state index contributed by atoms with van der Waals surface area (Å²) in [6, 6.07) is 9.07. The molecule has 0 bridgehead atoms. The molecule has 1 aromatic heterocycles. The second-order valence-electron chi connectivity index (χ2n) is 5.87. The zero-order chi connectivity index (χ0) is 16.1. The number of carbonyl (C=O) groups is 1. The molecule has 23 heavy (non-hydrogen) atoms. The summed E-state index contributed by atoms with van der Waals surface area (Å²) in [5.74, 6) is -0.832. The Morgan fingerprint density at radius 1 is 1.22 bits per heavy atom. The van der Waals surface area contributed by atoms with Crippen LogP contribution in [0.2, 0.25) is 0 Å². The third-order valence-corrected chi connectivity index (χ3v) is 4.23. The lowest BCUT2D eigenvalue weighted by Crippen LogP contribution is -1.98. The molecule has 4 nitrogen and oxygen atoms in total. The number of nitrogen functional groups attached to an aromatic ring is 1. The monoisotopic (exact) mass is 311 g/mol. The fraction of sp³-hybridized carbons (Fsp3) is 0.167. The molecule has 3 N–H and O–H groups in total. The molecule has 1 heterocycles. The molecule has 0 spiro atoms. The predicted octanol–water partition coefficient (Wildman–Crippen LogP) is 4.40. The summed E-state index contributed by atoms with van der Waals surface area (Å²) < 4.78 is 18.8. The Kier molecular flexibility index (Phi) is 2.91. The van der Waals surface area contributed by atoms with Gasteiger partial charge in [-0.3, -0.25) is 0 Å². The minimum absolute atomic E-state index is 0.0912. The van der Waals surface area contributed by atoms with Crippen LogP contribution in [0.1, 0.15) is 34.7 Å². The van der Waals surface area contributed by atoms with Gasteiger partial charge in [0.1, 0.15) is 22.7 Å². The van der Waals surface area contributed by atoms with E-state index in [0.717, 1.165) is 18.4 Å². The van der Waals surface area contributed by atoms with E-state index in [0.29, 0.717) is 28.1 Å². The van der Waals surface area contributed by atoms with Crippen LogP contribution in [0.3, 0.4) is 0 Å². The average molecular weight is 311 g/mol. The third-order valence-electron chi connectivity index (χ3n) is 4.23. The average Bonchev–Trinajstić information content (AvgIpc) is 3.28. The largest absolute Gasteiger partial charge is 0.478 e. The van der Waals surface area contributed by atoms with E-state index in [1.165, 1.54) is 24.3 Å². The predicted molar refractivity (Wildman–Crippen MR) is 85.0 cm³/mol. The Morgan fingerprint density at radius 2 is 1.91 bits per heavy atom. The molecular formula is C18H14FNO3. The van der Waals surface area contributed by atoms with Gasteiger partial charge in [-0.25, -0.2) is 9.18 Å². The first kappa shape index (κ1) is 13.8. The number of fused-ring (bicyclic) bond motifs is 1. The van der Waals surface area contributed by atoms with Crippen LogP contribution < -0.4 is 5.73 Å². The quantitative estimate of drug-likeness (QED) is 0.703. The number of carboxylic acid groups (broad SMARTS) is 1. The van der Waals surface area contributed by atoms with Gasteiger partial charge in [-0.15, -0.1) is 0 Å². The lowest BCUT2D eigenvalue weighted by atomic mass is 10.0. The number of rotatable bonds is 3. The van der Waals surface area contributed by atoms with E-state index in [2.05, 4.69) is 0 Å². The van der Waals surface area contributed by atoms with Crippen molar-refractivity contribution in [2.75, 3.05) is 5.73 Å². The van der Waals surface area contributed by atoms with Gasteiger partial charge in [-0.2, -0.15) is 0 Å². The minimum atomic E-state index is -1.07. The molecular weight excluding hydrogens is 297 g/mol. The van der Waals surface area contributed by atoms with E-state index in [1.807, 2.05) is 6.07 Å². The smallest absolute Gasteiger partial charge is 0.340 e. The summed E-state index contributed by atoms with van der Waals surface area (Å²) in [6.07, 6.45) is 2.14. The van der Waals surface area contributed by atoms with Crippen molar-refractivity contribution in [2.45, 2.75) is 18.8 Å². The number of hydrogen-bond donors (Lipinski definition) is 2. The summed E-state index contributed by atoms with van der Waals surface area (Å²) in [5, 5.41) is 10.2. The maximum Gasteiger partial charge on any atom is 0.340 e. The molecule has 4 rings (SSSR count). The maximum atomic E-state index is 13.1. The zero-order valence-corrected chi connectivity index (χ0v) is 12.2. The van der Waals surface area contributed by atoms with Crippen LogP contribution in [-0.4, -0.2) is 11.1 Å². The normalized spacial score (nSPS) is 14.3. The van der Waals surface area contributed by atoms with Crippen molar-refractivity contribution < 1.29 is 18.7 Å². The topological polar surface area (TPSA) is 76.5 Å². The number of nitrogens with two attached hydrogens (primary N) is 1. The first-order valence-corrected chi connectivity index (χ1v) is 7.39.